The Balaban J connectivity index is 1.90. The molecule has 1 aromatic rings. The maximum atomic E-state index is 6.51. The number of anilines is 1. The number of benzene rings is 1. The molecule has 2 unspecified atom stereocenters. The van der Waals surface area contributed by atoms with Crippen LogP contribution in [0.1, 0.15) is 38.7 Å². The van der Waals surface area contributed by atoms with Gasteiger partial charge >= 0.3 is 0 Å². The highest BCUT2D eigenvalue weighted by molar-refractivity contribution is 6.33. The molecular formula is C17H25ClN2. The number of halogens is 1. The summed E-state index contributed by atoms with van der Waals surface area (Å²) in [5, 5.41) is 4.70. The fraction of sp³-hybridized carbons (Fsp3) is 0.647. The lowest BCUT2D eigenvalue weighted by Crippen LogP contribution is -2.64. The molecule has 1 heterocycles. The molecule has 1 saturated carbocycles. The number of nitrogens with one attached hydrogen (secondary N) is 1. The van der Waals surface area contributed by atoms with Crippen LogP contribution in [-0.4, -0.2) is 24.7 Å². The van der Waals surface area contributed by atoms with Gasteiger partial charge in [-0.3, -0.25) is 0 Å². The molecule has 1 aliphatic carbocycles. The monoisotopic (exact) mass is 292 g/mol. The minimum atomic E-state index is 0.250. The summed E-state index contributed by atoms with van der Waals surface area (Å²) in [6, 6.07) is 6.99. The molecule has 1 saturated heterocycles. The van der Waals surface area contributed by atoms with Crippen LogP contribution in [0, 0.1) is 12.8 Å². The van der Waals surface area contributed by atoms with Crippen LogP contribution in [0.4, 0.5) is 5.69 Å². The van der Waals surface area contributed by atoms with Gasteiger partial charge in [-0.25, -0.2) is 0 Å². The van der Waals surface area contributed by atoms with Crippen molar-refractivity contribution in [2.24, 2.45) is 5.92 Å². The molecular weight excluding hydrogens is 268 g/mol. The lowest BCUT2D eigenvalue weighted by Gasteiger charge is -2.48. The minimum Gasteiger partial charge on any atom is -0.364 e. The third-order valence-electron chi connectivity index (χ3n) is 5.04. The normalized spacial score (nSPS) is 30.6. The van der Waals surface area contributed by atoms with E-state index in [1.54, 1.807) is 0 Å². The molecule has 2 atom stereocenters. The highest BCUT2D eigenvalue weighted by Crippen LogP contribution is 2.43. The first kappa shape index (κ1) is 14.2. The number of rotatable bonds is 3. The lowest BCUT2D eigenvalue weighted by molar-refractivity contribution is 0.252. The summed E-state index contributed by atoms with van der Waals surface area (Å²) in [5.74, 6) is 0.840. The van der Waals surface area contributed by atoms with E-state index in [1.165, 1.54) is 24.1 Å². The summed E-state index contributed by atoms with van der Waals surface area (Å²) in [5.41, 5.74) is 2.68. The fourth-order valence-corrected chi connectivity index (χ4v) is 3.83. The smallest absolute Gasteiger partial charge is 0.0642 e. The molecule has 0 amide bonds. The number of aryl methyl sites for hydroxylation is 1. The molecule has 3 rings (SSSR count). The van der Waals surface area contributed by atoms with Crippen LogP contribution in [0.5, 0.6) is 0 Å². The highest BCUT2D eigenvalue weighted by atomic mass is 35.5. The van der Waals surface area contributed by atoms with Gasteiger partial charge in [0.15, 0.2) is 0 Å². The van der Waals surface area contributed by atoms with Gasteiger partial charge in [0.25, 0.3) is 0 Å². The zero-order valence-electron chi connectivity index (χ0n) is 12.7. The summed E-state index contributed by atoms with van der Waals surface area (Å²) < 4.78 is 0. The van der Waals surface area contributed by atoms with E-state index in [0.717, 1.165) is 30.5 Å². The average molecular weight is 293 g/mol. The van der Waals surface area contributed by atoms with Crippen molar-refractivity contribution in [2.75, 3.05) is 18.0 Å². The quantitative estimate of drug-likeness (QED) is 0.906. The van der Waals surface area contributed by atoms with Crippen LogP contribution in [-0.2, 0) is 0 Å². The lowest BCUT2D eigenvalue weighted by atomic mass is 9.90. The van der Waals surface area contributed by atoms with E-state index in [9.17, 15) is 0 Å². The zero-order valence-corrected chi connectivity index (χ0v) is 13.5. The van der Waals surface area contributed by atoms with Crippen molar-refractivity contribution >= 4 is 17.3 Å². The fourth-order valence-electron chi connectivity index (χ4n) is 3.49. The first-order valence-corrected chi connectivity index (χ1v) is 8.19. The van der Waals surface area contributed by atoms with Crippen molar-refractivity contribution in [1.29, 1.82) is 0 Å². The molecule has 110 valence electrons. The van der Waals surface area contributed by atoms with E-state index in [-0.39, 0.29) is 5.54 Å². The predicted molar refractivity (Wildman–Crippen MR) is 86.7 cm³/mol. The van der Waals surface area contributed by atoms with Gasteiger partial charge in [0.05, 0.1) is 10.7 Å². The Morgan fingerprint density at radius 2 is 2.15 bits per heavy atom. The van der Waals surface area contributed by atoms with E-state index < -0.39 is 0 Å². The highest BCUT2D eigenvalue weighted by Gasteiger charge is 2.46. The summed E-state index contributed by atoms with van der Waals surface area (Å²) in [4.78, 5) is 2.54. The molecule has 20 heavy (non-hydrogen) atoms. The minimum absolute atomic E-state index is 0.250. The molecule has 1 aromatic carbocycles. The molecule has 2 nitrogen and oxygen atoms in total. The van der Waals surface area contributed by atoms with Gasteiger partial charge in [-0.15, -0.1) is 0 Å². The number of piperazine rings is 1. The second kappa shape index (κ2) is 5.23. The third kappa shape index (κ3) is 2.56. The molecule has 0 spiro atoms. The van der Waals surface area contributed by atoms with Crippen LogP contribution in [0.3, 0.4) is 0 Å². The number of nitrogens with zero attached hydrogens (tertiary/aromatic N) is 1. The van der Waals surface area contributed by atoms with Crippen molar-refractivity contribution in [3.63, 3.8) is 0 Å². The third-order valence-corrected chi connectivity index (χ3v) is 5.35. The first-order valence-electron chi connectivity index (χ1n) is 7.81. The largest absolute Gasteiger partial charge is 0.364 e. The molecule has 0 aromatic heterocycles. The van der Waals surface area contributed by atoms with E-state index in [0.29, 0.717) is 6.04 Å². The Kier molecular flexibility index (Phi) is 3.72. The van der Waals surface area contributed by atoms with Crippen LogP contribution < -0.4 is 10.2 Å². The molecule has 2 fully saturated rings. The Morgan fingerprint density at radius 3 is 2.75 bits per heavy atom. The predicted octanol–water partition coefficient (Wildman–Crippen LogP) is 4.01. The molecule has 2 aliphatic rings. The Hall–Kier alpha value is -0.730. The van der Waals surface area contributed by atoms with Gasteiger partial charge < -0.3 is 10.2 Å². The molecule has 1 aliphatic heterocycles. The average Bonchev–Trinajstić information content (AvgIpc) is 3.23. The maximum Gasteiger partial charge on any atom is 0.0642 e. The van der Waals surface area contributed by atoms with E-state index in [4.69, 9.17) is 11.6 Å². The summed E-state index contributed by atoms with van der Waals surface area (Å²) in [7, 11) is 0. The molecule has 3 heteroatoms. The van der Waals surface area contributed by atoms with Crippen molar-refractivity contribution in [1.82, 2.24) is 5.32 Å². The van der Waals surface area contributed by atoms with Gasteiger partial charge in [0.1, 0.15) is 0 Å². The van der Waals surface area contributed by atoms with Crippen molar-refractivity contribution in [2.45, 2.75) is 51.6 Å². The standard InChI is InChI=1S/C17H25ClN2/c1-4-14-10-19-17(3,13-6-7-13)11-20(14)16-8-5-12(2)9-15(16)18/h5,8-9,13-14,19H,4,6-7,10-11H2,1-3H3. The summed E-state index contributed by atoms with van der Waals surface area (Å²) >= 11 is 6.51. The Bertz CT molecular complexity index is 498. The molecule has 0 bridgehead atoms. The first-order chi connectivity index (χ1) is 9.53. The summed E-state index contributed by atoms with van der Waals surface area (Å²) in [6.45, 7) is 8.87. The maximum absolute atomic E-state index is 6.51. The Morgan fingerprint density at radius 1 is 1.40 bits per heavy atom. The van der Waals surface area contributed by atoms with Crippen molar-refractivity contribution in [3.8, 4) is 0 Å². The van der Waals surface area contributed by atoms with Crippen molar-refractivity contribution in [3.05, 3.63) is 28.8 Å². The van der Waals surface area contributed by atoms with Crippen LogP contribution in [0.15, 0.2) is 18.2 Å². The van der Waals surface area contributed by atoms with E-state index >= 15 is 0 Å². The zero-order chi connectivity index (χ0) is 14.3. The van der Waals surface area contributed by atoms with Crippen LogP contribution in [0.25, 0.3) is 0 Å². The van der Waals surface area contributed by atoms with Gasteiger partial charge in [0.2, 0.25) is 0 Å². The Labute approximate surface area is 127 Å². The number of hydrogen-bond acceptors (Lipinski definition) is 2. The van der Waals surface area contributed by atoms with E-state index in [2.05, 4.69) is 49.2 Å². The SMILES string of the molecule is CCC1CNC(C)(C2CC2)CN1c1ccc(C)cc1Cl. The van der Waals surface area contributed by atoms with Crippen molar-refractivity contribution < 1.29 is 0 Å². The second-order valence-corrected chi connectivity index (χ2v) is 7.12. The topological polar surface area (TPSA) is 15.3 Å². The molecule has 0 radical (unpaired) electrons. The van der Waals surface area contributed by atoms with Gasteiger partial charge in [-0.1, -0.05) is 24.6 Å². The van der Waals surface area contributed by atoms with Gasteiger partial charge in [-0.2, -0.15) is 0 Å². The number of hydrogen-bond donors (Lipinski definition) is 1. The van der Waals surface area contributed by atoms with Gasteiger partial charge in [-0.05, 0) is 56.7 Å². The van der Waals surface area contributed by atoms with E-state index in [1.807, 2.05) is 0 Å². The second-order valence-electron chi connectivity index (χ2n) is 6.72. The van der Waals surface area contributed by atoms with Crippen LogP contribution >= 0.6 is 11.6 Å². The van der Waals surface area contributed by atoms with Gasteiger partial charge in [0, 0.05) is 24.7 Å². The summed E-state index contributed by atoms with van der Waals surface area (Å²) in [6.07, 6.45) is 3.89. The van der Waals surface area contributed by atoms with Crippen LogP contribution in [0.2, 0.25) is 5.02 Å². The molecule has 1 N–H and O–H groups in total.